The second-order valence-electron chi connectivity index (χ2n) is 10.4. The number of nitriles is 1. The molecular formula is C29H33N3O4. The monoisotopic (exact) mass is 487 g/mol. The van der Waals surface area contributed by atoms with E-state index in [0.29, 0.717) is 18.3 Å². The zero-order valence-electron chi connectivity index (χ0n) is 20.5. The maximum atomic E-state index is 12.2. The average Bonchev–Trinajstić information content (AvgIpc) is 3.46. The number of anilines is 2. The van der Waals surface area contributed by atoms with Gasteiger partial charge in [-0.15, -0.1) is 0 Å². The number of benzene rings is 2. The molecule has 3 fully saturated rings. The first kappa shape index (κ1) is 23.2. The molecule has 3 unspecified atom stereocenters. The molecule has 3 atom stereocenters. The fraction of sp³-hybridized carbons (Fsp3) is 0.517. The van der Waals surface area contributed by atoms with E-state index in [9.17, 15) is 10.1 Å². The van der Waals surface area contributed by atoms with E-state index >= 15 is 0 Å². The van der Waals surface area contributed by atoms with Gasteiger partial charge in [0.2, 0.25) is 0 Å². The summed E-state index contributed by atoms with van der Waals surface area (Å²) >= 11 is 0. The van der Waals surface area contributed by atoms with Crippen LogP contribution in [-0.2, 0) is 9.47 Å². The molecule has 2 aromatic carbocycles. The quantitative estimate of drug-likeness (QED) is 0.511. The van der Waals surface area contributed by atoms with Gasteiger partial charge in [-0.2, -0.15) is 5.26 Å². The number of nitrogens with zero attached hydrogens (tertiary/aromatic N) is 2. The van der Waals surface area contributed by atoms with Gasteiger partial charge in [-0.1, -0.05) is 18.2 Å². The molecule has 7 nitrogen and oxygen atoms in total. The van der Waals surface area contributed by atoms with Crippen molar-refractivity contribution in [2.24, 2.45) is 0 Å². The summed E-state index contributed by atoms with van der Waals surface area (Å²) in [5.74, 6) is 0.561. The van der Waals surface area contributed by atoms with Crippen LogP contribution in [0.5, 0.6) is 5.75 Å². The predicted molar refractivity (Wildman–Crippen MR) is 136 cm³/mol. The van der Waals surface area contributed by atoms with Crippen LogP contribution in [0.1, 0.15) is 74.5 Å². The van der Waals surface area contributed by atoms with Gasteiger partial charge in [-0.05, 0) is 80.7 Å². The first-order chi connectivity index (χ1) is 17.7. The lowest BCUT2D eigenvalue weighted by molar-refractivity contribution is 0.0624. The molecule has 2 aliphatic carbocycles. The molecule has 1 N–H and O–H groups in total. The minimum absolute atomic E-state index is 0.0493. The van der Waals surface area contributed by atoms with Crippen LogP contribution in [-0.4, -0.2) is 37.6 Å². The van der Waals surface area contributed by atoms with E-state index in [1.807, 2.05) is 30.3 Å². The molecule has 6 rings (SSSR count). The summed E-state index contributed by atoms with van der Waals surface area (Å²) in [7, 11) is 0. The number of hydrogen-bond acceptors (Lipinski definition) is 6. The number of nitrogens with one attached hydrogen (secondary N) is 1. The zero-order valence-corrected chi connectivity index (χ0v) is 20.5. The fourth-order valence-electron chi connectivity index (χ4n) is 5.68. The largest absolute Gasteiger partial charge is 0.491 e. The number of rotatable bonds is 7. The summed E-state index contributed by atoms with van der Waals surface area (Å²) in [5, 5.41) is 13.1. The Morgan fingerprint density at radius 3 is 2.50 bits per heavy atom. The van der Waals surface area contributed by atoms with Crippen LogP contribution < -0.4 is 15.0 Å². The fourth-order valence-corrected chi connectivity index (χ4v) is 5.68. The van der Waals surface area contributed by atoms with Crippen LogP contribution >= 0.6 is 0 Å². The van der Waals surface area contributed by atoms with Crippen LogP contribution in [0.15, 0.2) is 42.5 Å². The molecule has 2 saturated carbocycles. The number of carbonyl (C=O) groups excluding carboxylic acids is 1. The Labute approximate surface area is 212 Å². The average molecular weight is 488 g/mol. The lowest BCUT2D eigenvalue weighted by atomic mass is 9.87. The van der Waals surface area contributed by atoms with Crippen molar-refractivity contribution in [2.45, 2.75) is 81.6 Å². The molecule has 1 amide bonds. The Morgan fingerprint density at radius 1 is 1.06 bits per heavy atom. The normalized spacial score (nSPS) is 25.4. The van der Waals surface area contributed by atoms with E-state index in [1.54, 1.807) is 0 Å². The lowest BCUT2D eigenvalue weighted by Gasteiger charge is -2.41. The van der Waals surface area contributed by atoms with Crippen molar-refractivity contribution >= 4 is 17.5 Å². The van der Waals surface area contributed by atoms with Crippen molar-refractivity contribution in [1.82, 2.24) is 0 Å². The Balaban J connectivity index is 1.22. The van der Waals surface area contributed by atoms with Crippen molar-refractivity contribution in [3.63, 3.8) is 0 Å². The summed E-state index contributed by atoms with van der Waals surface area (Å²) < 4.78 is 17.2. The molecular weight excluding hydrogens is 454 g/mol. The molecule has 2 aliphatic heterocycles. The predicted octanol–water partition coefficient (Wildman–Crippen LogP) is 6.07. The molecule has 2 heterocycles. The maximum Gasteiger partial charge on any atom is 0.411 e. The number of amides is 1. The van der Waals surface area contributed by atoms with Crippen LogP contribution in [0.2, 0.25) is 0 Å². The molecule has 0 radical (unpaired) electrons. The molecule has 0 bridgehead atoms. The standard InChI is InChI=1S/C29H33N3O4/c30-17-26-25-14-13-23(35-18-24-8-3-15-34-24)16-27(25)32(21-4-1-5-21)28(26)19-9-11-20(12-10-19)31-29(33)36-22-6-2-7-22/h9-14,16,21-22,24,26,28H,1-8,15,18H2,(H,31,33). The van der Waals surface area contributed by atoms with Crippen LogP contribution in [0.3, 0.4) is 0 Å². The van der Waals surface area contributed by atoms with Crippen molar-refractivity contribution in [3.05, 3.63) is 53.6 Å². The van der Waals surface area contributed by atoms with Crippen LogP contribution in [0.25, 0.3) is 0 Å². The van der Waals surface area contributed by atoms with Gasteiger partial charge >= 0.3 is 6.09 Å². The minimum atomic E-state index is -0.401. The first-order valence-corrected chi connectivity index (χ1v) is 13.3. The van der Waals surface area contributed by atoms with Crippen LogP contribution in [0, 0.1) is 11.3 Å². The Bertz CT molecular complexity index is 1130. The van der Waals surface area contributed by atoms with Gasteiger partial charge < -0.3 is 19.1 Å². The van der Waals surface area contributed by atoms with Gasteiger partial charge in [-0.25, -0.2) is 4.79 Å². The van der Waals surface area contributed by atoms with Gasteiger partial charge in [0.15, 0.2) is 0 Å². The van der Waals surface area contributed by atoms with Crippen molar-refractivity contribution < 1.29 is 19.0 Å². The molecule has 4 aliphatic rings. The number of carbonyl (C=O) groups is 1. The molecule has 188 valence electrons. The van der Waals surface area contributed by atoms with E-state index in [0.717, 1.165) is 74.1 Å². The molecule has 2 aromatic rings. The maximum absolute atomic E-state index is 12.2. The SMILES string of the molecule is N#CC1c2ccc(OCC3CCCO3)cc2N(C2CCC2)C1c1ccc(NC(=O)OC2CCC2)cc1. The van der Waals surface area contributed by atoms with Crippen molar-refractivity contribution in [1.29, 1.82) is 5.26 Å². The summed E-state index contributed by atoms with van der Waals surface area (Å²) in [6.45, 7) is 1.38. The van der Waals surface area contributed by atoms with Crippen LogP contribution in [0.4, 0.5) is 16.2 Å². The Hall–Kier alpha value is -3.24. The first-order valence-electron chi connectivity index (χ1n) is 13.3. The smallest absolute Gasteiger partial charge is 0.411 e. The minimum Gasteiger partial charge on any atom is -0.491 e. The van der Waals surface area contributed by atoms with Gasteiger partial charge in [0, 0.05) is 30.1 Å². The topological polar surface area (TPSA) is 83.8 Å². The van der Waals surface area contributed by atoms with Gasteiger partial charge in [0.1, 0.15) is 18.5 Å². The van der Waals surface area contributed by atoms with E-state index in [2.05, 4.69) is 28.4 Å². The van der Waals surface area contributed by atoms with Crippen molar-refractivity contribution in [3.8, 4) is 11.8 Å². The highest BCUT2D eigenvalue weighted by molar-refractivity contribution is 5.84. The third kappa shape index (κ3) is 4.51. The molecule has 36 heavy (non-hydrogen) atoms. The molecule has 7 heteroatoms. The van der Waals surface area contributed by atoms with Gasteiger partial charge in [0.05, 0.1) is 24.1 Å². The molecule has 1 saturated heterocycles. The highest BCUT2D eigenvalue weighted by atomic mass is 16.6. The second kappa shape index (κ2) is 10.0. The molecule has 0 spiro atoms. The molecule has 0 aromatic heterocycles. The van der Waals surface area contributed by atoms with E-state index in [4.69, 9.17) is 14.2 Å². The van der Waals surface area contributed by atoms with Crippen molar-refractivity contribution in [2.75, 3.05) is 23.4 Å². The number of hydrogen-bond donors (Lipinski definition) is 1. The lowest BCUT2D eigenvalue weighted by Crippen LogP contribution is -2.41. The van der Waals surface area contributed by atoms with Gasteiger partial charge in [-0.3, -0.25) is 5.32 Å². The summed E-state index contributed by atoms with van der Waals surface area (Å²) in [5.41, 5.74) is 3.94. The summed E-state index contributed by atoms with van der Waals surface area (Å²) in [6.07, 6.45) is 8.43. The Morgan fingerprint density at radius 2 is 1.86 bits per heavy atom. The highest BCUT2D eigenvalue weighted by Crippen LogP contribution is 2.53. The van der Waals surface area contributed by atoms with Gasteiger partial charge in [0.25, 0.3) is 0 Å². The zero-order chi connectivity index (χ0) is 24.5. The highest BCUT2D eigenvalue weighted by Gasteiger charge is 2.44. The number of ether oxygens (including phenoxy) is 3. The second-order valence-corrected chi connectivity index (χ2v) is 10.4. The third-order valence-electron chi connectivity index (χ3n) is 8.12. The van der Waals surface area contributed by atoms with E-state index in [-0.39, 0.29) is 24.2 Å². The summed E-state index contributed by atoms with van der Waals surface area (Å²) in [6, 6.07) is 17.0. The summed E-state index contributed by atoms with van der Waals surface area (Å²) in [4.78, 5) is 14.6. The Kier molecular flexibility index (Phi) is 6.45. The van der Waals surface area contributed by atoms with E-state index < -0.39 is 6.09 Å². The third-order valence-corrected chi connectivity index (χ3v) is 8.12. The number of fused-ring (bicyclic) bond motifs is 1. The van der Waals surface area contributed by atoms with E-state index in [1.165, 1.54) is 6.42 Å².